The van der Waals surface area contributed by atoms with Gasteiger partial charge >= 0.3 is 21.8 Å². The first kappa shape index (κ1) is 37.1. The van der Waals surface area contributed by atoms with E-state index in [1.165, 1.54) is 13.8 Å². The van der Waals surface area contributed by atoms with Gasteiger partial charge in [0.05, 0.1) is 32.0 Å². The Labute approximate surface area is 294 Å². The summed E-state index contributed by atoms with van der Waals surface area (Å²) in [6, 6.07) is 0. The van der Waals surface area contributed by atoms with Crippen LogP contribution in [0.25, 0.3) is 22.3 Å². The Morgan fingerprint density at radius 3 is 2.47 bits per heavy atom. The number of halogens is 1. The van der Waals surface area contributed by atoms with Crippen molar-refractivity contribution in [3.63, 3.8) is 0 Å². The van der Waals surface area contributed by atoms with Crippen LogP contribution in [0.4, 0.5) is 21.0 Å². The van der Waals surface area contributed by atoms with Crippen molar-refractivity contribution in [3.8, 4) is 0 Å². The van der Waals surface area contributed by atoms with E-state index in [0.29, 0.717) is 0 Å². The molecule has 0 aliphatic carbocycles. The molecule has 10 atom stereocenters. The van der Waals surface area contributed by atoms with Crippen LogP contribution in [0, 0.1) is 0 Å². The van der Waals surface area contributed by atoms with Crippen LogP contribution in [0.5, 0.6) is 0 Å². The lowest BCUT2D eigenvalue weighted by Gasteiger charge is -2.27. The highest BCUT2D eigenvalue weighted by Crippen LogP contribution is 2.56. The Kier molecular flexibility index (Phi) is 9.96. The van der Waals surface area contributed by atoms with Crippen molar-refractivity contribution in [1.29, 1.82) is 0 Å². The summed E-state index contributed by atoms with van der Waals surface area (Å²) in [6.45, 7) is 0.131. The second-order valence-corrected chi connectivity index (χ2v) is 14.9. The first-order valence-corrected chi connectivity index (χ1v) is 18.4. The third-order valence-corrected chi connectivity index (χ3v) is 10.4. The average molecular weight is 793 g/mol. The zero-order valence-electron chi connectivity index (χ0n) is 27.3. The maximum Gasteiger partial charge on any atom is 0.510 e. The number of fused-ring (bicyclic) bond motifs is 5. The molecule has 53 heavy (non-hydrogen) atoms. The Morgan fingerprint density at radius 2 is 1.72 bits per heavy atom. The van der Waals surface area contributed by atoms with E-state index in [1.54, 1.807) is 0 Å². The van der Waals surface area contributed by atoms with Gasteiger partial charge in [-0.2, -0.15) is 4.98 Å². The Morgan fingerprint density at radius 1 is 1.02 bits per heavy atom. The predicted molar refractivity (Wildman–Crippen MR) is 169 cm³/mol. The van der Waals surface area contributed by atoms with Crippen molar-refractivity contribution in [2.45, 2.75) is 69.1 Å². The summed E-state index contributed by atoms with van der Waals surface area (Å²) >= 11 is 0. The lowest BCUT2D eigenvalue weighted by atomic mass is 10.1. The Hall–Kier alpha value is -4.20. The molecule has 6 unspecified atom stereocenters. The predicted octanol–water partition coefficient (Wildman–Crippen LogP) is 0.179. The fourth-order valence-electron chi connectivity index (χ4n) is 5.69. The fourth-order valence-corrected chi connectivity index (χ4v) is 7.88. The van der Waals surface area contributed by atoms with Crippen LogP contribution in [0.3, 0.4) is 0 Å². The highest BCUT2D eigenvalue weighted by molar-refractivity contribution is 7.48. The summed E-state index contributed by atoms with van der Waals surface area (Å²) in [4.78, 5) is 57.5. The minimum Gasteiger partial charge on any atom is -0.432 e. The number of carbonyl (C=O) groups excluding carboxylic acids is 1. The number of ether oxygens (including phenoxy) is 4. The molecule has 7 N–H and O–H groups in total. The molecule has 25 nitrogen and oxygen atoms in total. The van der Waals surface area contributed by atoms with Gasteiger partial charge in [-0.1, -0.05) is 0 Å². The number of nitrogen functional groups attached to an aromatic ring is 2. The third-order valence-electron chi connectivity index (χ3n) is 7.99. The number of nitrogens with zero attached hydrogens (tertiary/aromatic N) is 7. The number of phosphoric acid groups is 2. The van der Waals surface area contributed by atoms with Crippen molar-refractivity contribution < 1.29 is 69.9 Å². The lowest BCUT2D eigenvalue weighted by molar-refractivity contribution is -0.0770. The molecule has 0 saturated carbocycles. The standard InChI is InChI=1S/C25H31FN10O15P2/c1-9(2)47-25(39)43-8-46-53(42)45-4-11-16(12(26)22(49-11)35-6-31-13-18(27)29-5-30-19(13)35)50-52(40,41)44-3-10-15(37)17(51-53)23(48-10)36-7-32-14-20(36)33-24(28)34-21(14)38/h5-7,9-12,15-17,22-23,37H,3-4,8H2,1-2H3,(H,40,41)(H2,27,29,30)(H3,28,33,34,38)/t10-,11-,12?,15?,16?,17?,22-,23-,53?/m1/s1. The first-order chi connectivity index (χ1) is 25.1. The number of phosphoric ester groups is 2. The van der Waals surface area contributed by atoms with E-state index in [0.717, 1.165) is 28.1 Å². The van der Waals surface area contributed by atoms with Gasteiger partial charge < -0.3 is 40.4 Å². The van der Waals surface area contributed by atoms with Gasteiger partial charge in [0.25, 0.3) is 5.56 Å². The average Bonchev–Trinajstić information content (AvgIpc) is 3.84. The van der Waals surface area contributed by atoms with Crippen molar-refractivity contribution in [2.24, 2.45) is 0 Å². The molecular weight excluding hydrogens is 761 g/mol. The second kappa shape index (κ2) is 14.2. The molecule has 0 spiro atoms. The molecule has 0 amide bonds. The summed E-state index contributed by atoms with van der Waals surface area (Å²) in [5.74, 6) is -0.349. The number of carbonyl (C=O) groups is 1. The zero-order chi connectivity index (χ0) is 37.8. The summed E-state index contributed by atoms with van der Waals surface area (Å²) in [5.41, 5.74) is 10.6. The number of aromatic nitrogens is 8. The maximum atomic E-state index is 16.2. The molecule has 3 fully saturated rings. The Bertz CT molecular complexity index is 2170. The number of nitrogens with one attached hydrogen (secondary N) is 1. The molecule has 7 heterocycles. The molecule has 3 aliphatic rings. The van der Waals surface area contributed by atoms with Crippen LogP contribution in [0.2, 0.25) is 0 Å². The van der Waals surface area contributed by atoms with Gasteiger partial charge in [-0.05, 0) is 13.8 Å². The minimum absolute atomic E-state index is 0.0284. The van der Waals surface area contributed by atoms with Gasteiger partial charge in [-0.25, -0.2) is 42.8 Å². The quantitative estimate of drug-likeness (QED) is 0.0987. The summed E-state index contributed by atoms with van der Waals surface area (Å²) in [5, 5.41) is 11.3. The number of rotatable bonds is 6. The summed E-state index contributed by atoms with van der Waals surface area (Å²) < 4.78 is 94.4. The Balaban J connectivity index is 1.23. The number of aliphatic hydroxyl groups excluding tert-OH is 1. The second-order valence-electron chi connectivity index (χ2n) is 11.9. The van der Waals surface area contributed by atoms with Crippen molar-refractivity contribution >= 4 is 55.9 Å². The molecule has 3 saturated heterocycles. The monoisotopic (exact) mass is 792 g/mol. The fraction of sp³-hybridized carbons (Fsp3) is 0.560. The van der Waals surface area contributed by atoms with Crippen LogP contribution in [-0.2, 0) is 50.7 Å². The topological polar surface area (TPSA) is 334 Å². The molecule has 2 bridgehead atoms. The van der Waals surface area contributed by atoms with Crippen molar-refractivity contribution in [3.05, 3.63) is 29.3 Å². The molecule has 7 rings (SSSR count). The first-order valence-electron chi connectivity index (χ1n) is 15.5. The molecule has 0 aromatic carbocycles. The van der Waals surface area contributed by atoms with Gasteiger partial charge in [0, 0.05) is 0 Å². The van der Waals surface area contributed by atoms with Crippen LogP contribution in [-0.4, -0.2) is 118 Å². The molecule has 0 radical (unpaired) electrons. The number of alkyl halides is 1. The number of hydrogen-bond acceptors (Lipinski definition) is 21. The molecule has 28 heteroatoms. The van der Waals surface area contributed by atoms with Crippen LogP contribution < -0.4 is 17.0 Å². The van der Waals surface area contributed by atoms with E-state index in [-0.39, 0.29) is 34.1 Å². The number of aliphatic hydroxyl groups is 1. The molecule has 3 aliphatic heterocycles. The largest absolute Gasteiger partial charge is 0.510 e. The zero-order valence-corrected chi connectivity index (χ0v) is 29.1. The number of hydrogen-bond donors (Lipinski definition) is 5. The molecule has 288 valence electrons. The molecule has 4 aromatic rings. The lowest BCUT2D eigenvalue weighted by Crippen LogP contribution is -2.35. The molecule has 4 aromatic heterocycles. The third kappa shape index (κ3) is 7.35. The normalized spacial score (nSPS) is 33.7. The number of anilines is 2. The number of H-pyrrole nitrogens is 1. The number of nitrogens with two attached hydrogens (primary N) is 2. The van der Waals surface area contributed by atoms with Crippen LogP contribution in [0.1, 0.15) is 26.3 Å². The molecular formula is C25H31FN10O15P2. The smallest absolute Gasteiger partial charge is 0.432 e. The van der Waals surface area contributed by atoms with Crippen LogP contribution in [0.15, 0.2) is 23.8 Å². The van der Waals surface area contributed by atoms with Gasteiger partial charge in [-0.3, -0.25) is 37.0 Å². The highest BCUT2D eigenvalue weighted by atomic mass is 31.2. The minimum atomic E-state index is -5.23. The van der Waals surface area contributed by atoms with E-state index in [1.807, 2.05) is 0 Å². The van der Waals surface area contributed by atoms with E-state index in [9.17, 15) is 28.7 Å². The number of aromatic amines is 1. The van der Waals surface area contributed by atoms with Gasteiger partial charge in [0.1, 0.15) is 42.4 Å². The number of imidazole rings is 2. The van der Waals surface area contributed by atoms with Gasteiger partial charge in [0.15, 0.2) is 41.3 Å². The van der Waals surface area contributed by atoms with E-state index in [2.05, 4.69) is 29.9 Å². The van der Waals surface area contributed by atoms with Crippen molar-refractivity contribution in [1.82, 2.24) is 39.0 Å². The van der Waals surface area contributed by atoms with E-state index < -0.39 is 103 Å². The maximum absolute atomic E-state index is 16.2. The SMILES string of the molecule is CC(C)OC(=O)OCOP1(=O)OC[C@H]2O[C@@H](n3cnc4c(N)ncnc43)C(F)C2OP(=O)(O)OC[C@H]2O[C@@H](n3cnc4c(=O)[nH]c(N)nc43)C(O1)C2O. The van der Waals surface area contributed by atoms with E-state index in [4.69, 9.17) is 53.0 Å². The van der Waals surface area contributed by atoms with Crippen LogP contribution >= 0.6 is 15.6 Å². The van der Waals surface area contributed by atoms with E-state index >= 15 is 4.39 Å². The van der Waals surface area contributed by atoms with Crippen molar-refractivity contribution in [2.75, 3.05) is 31.5 Å². The van der Waals surface area contributed by atoms with Gasteiger partial charge in [0.2, 0.25) is 12.7 Å². The van der Waals surface area contributed by atoms with Gasteiger partial charge in [-0.15, -0.1) is 0 Å². The summed E-state index contributed by atoms with van der Waals surface area (Å²) in [6.07, 6.45) is -12.8. The highest BCUT2D eigenvalue weighted by Gasteiger charge is 2.55. The summed E-state index contributed by atoms with van der Waals surface area (Å²) in [7, 11) is -10.3.